The first-order valence-corrected chi connectivity index (χ1v) is 7.73. The molecule has 0 bridgehead atoms. The van der Waals surface area contributed by atoms with E-state index in [2.05, 4.69) is 10.3 Å². The average molecular weight is 340 g/mol. The number of thiazole rings is 1. The normalized spacial score (nSPS) is 10.6. The summed E-state index contributed by atoms with van der Waals surface area (Å²) in [6.45, 7) is 0.783. The fourth-order valence-corrected chi connectivity index (χ4v) is 2.38. The minimum Gasteiger partial charge on any atom is -0.493 e. The van der Waals surface area contributed by atoms with Crippen LogP contribution in [0, 0.1) is 5.13 Å². The van der Waals surface area contributed by atoms with Crippen LogP contribution in [0.2, 0.25) is 0 Å². The van der Waals surface area contributed by atoms with Crippen molar-refractivity contribution in [2.45, 2.75) is 13.0 Å². The SMILES string of the molecule is COCCCOc1cc(CO)cc(C(=O)Nc2ncc(F)s2)c1. The maximum atomic E-state index is 12.9. The number of halogens is 1. The molecule has 8 heteroatoms. The van der Waals surface area contributed by atoms with Gasteiger partial charge >= 0.3 is 0 Å². The van der Waals surface area contributed by atoms with Gasteiger partial charge in [-0.2, -0.15) is 4.39 Å². The highest BCUT2D eigenvalue weighted by atomic mass is 32.1. The van der Waals surface area contributed by atoms with Crippen LogP contribution in [0.1, 0.15) is 22.3 Å². The highest BCUT2D eigenvalue weighted by molar-refractivity contribution is 7.14. The van der Waals surface area contributed by atoms with E-state index in [9.17, 15) is 14.3 Å². The number of hydrogen-bond donors (Lipinski definition) is 2. The molecule has 0 spiro atoms. The van der Waals surface area contributed by atoms with Crippen LogP contribution in [0.3, 0.4) is 0 Å². The smallest absolute Gasteiger partial charge is 0.257 e. The number of aliphatic hydroxyl groups is 1. The Bertz CT molecular complexity index is 663. The summed E-state index contributed by atoms with van der Waals surface area (Å²) in [6.07, 6.45) is 1.74. The summed E-state index contributed by atoms with van der Waals surface area (Å²) in [6, 6.07) is 4.76. The predicted molar refractivity (Wildman–Crippen MR) is 84.4 cm³/mol. The van der Waals surface area contributed by atoms with Crippen LogP contribution in [-0.4, -0.2) is 36.3 Å². The summed E-state index contributed by atoms with van der Waals surface area (Å²) in [4.78, 5) is 15.9. The van der Waals surface area contributed by atoms with E-state index < -0.39 is 11.0 Å². The monoisotopic (exact) mass is 340 g/mol. The first-order chi connectivity index (χ1) is 11.1. The van der Waals surface area contributed by atoms with Crippen LogP contribution >= 0.6 is 11.3 Å². The predicted octanol–water partition coefficient (Wildman–Crippen LogP) is 2.44. The first-order valence-electron chi connectivity index (χ1n) is 6.91. The third-order valence-electron chi connectivity index (χ3n) is 2.87. The molecule has 0 aliphatic carbocycles. The zero-order chi connectivity index (χ0) is 16.7. The Morgan fingerprint density at radius 1 is 1.39 bits per heavy atom. The zero-order valence-corrected chi connectivity index (χ0v) is 13.4. The molecule has 1 amide bonds. The molecule has 0 aliphatic heterocycles. The van der Waals surface area contributed by atoms with Crippen molar-refractivity contribution in [3.8, 4) is 5.75 Å². The molecule has 0 unspecified atom stereocenters. The van der Waals surface area contributed by atoms with Gasteiger partial charge in [0.1, 0.15) is 5.75 Å². The number of methoxy groups -OCH3 is 1. The number of rotatable bonds is 8. The average Bonchev–Trinajstić information content (AvgIpc) is 2.96. The lowest BCUT2D eigenvalue weighted by molar-refractivity contribution is 0.102. The number of nitrogens with zero attached hydrogens (tertiary/aromatic N) is 1. The third-order valence-corrected chi connectivity index (χ3v) is 3.57. The molecule has 1 aromatic carbocycles. The van der Waals surface area contributed by atoms with E-state index in [1.165, 1.54) is 0 Å². The van der Waals surface area contributed by atoms with Crippen LogP contribution in [0.5, 0.6) is 5.75 Å². The molecule has 0 aliphatic rings. The Hall–Kier alpha value is -2.03. The fourth-order valence-electron chi connectivity index (χ4n) is 1.84. The van der Waals surface area contributed by atoms with Crippen LogP contribution in [0.15, 0.2) is 24.4 Å². The van der Waals surface area contributed by atoms with Gasteiger partial charge in [0, 0.05) is 25.7 Å². The number of benzene rings is 1. The van der Waals surface area contributed by atoms with Crippen LogP contribution in [0.25, 0.3) is 0 Å². The van der Waals surface area contributed by atoms with E-state index in [-0.39, 0.29) is 11.7 Å². The molecule has 6 nitrogen and oxygen atoms in total. The summed E-state index contributed by atoms with van der Waals surface area (Å²) in [5, 5.41) is 11.5. The molecule has 0 fully saturated rings. The van der Waals surface area contributed by atoms with Crippen molar-refractivity contribution in [2.24, 2.45) is 0 Å². The molecule has 0 saturated carbocycles. The number of aromatic nitrogens is 1. The topological polar surface area (TPSA) is 80.7 Å². The summed E-state index contributed by atoms with van der Waals surface area (Å²) in [5.41, 5.74) is 0.846. The minimum absolute atomic E-state index is 0.171. The fraction of sp³-hybridized carbons (Fsp3) is 0.333. The molecule has 0 saturated heterocycles. The molecule has 1 heterocycles. The van der Waals surface area contributed by atoms with Gasteiger partial charge in [0.05, 0.1) is 19.4 Å². The largest absolute Gasteiger partial charge is 0.493 e. The van der Waals surface area contributed by atoms with Crippen molar-refractivity contribution in [1.29, 1.82) is 0 Å². The summed E-state index contributed by atoms with van der Waals surface area (Å²) < 4.78 is 23.4. The van der Waals surface area contributed by atoms with E-state index >= 15 is 0 Å². The number of amides is 1. The molecule has 2 rings (SSSR count). The highest BCUT2D eigenvalue weighted by Gasteiger charge is 2.12. The van der Waals surface area contributed by atoms with Gasteiger partial charge in [0.15, 0.2) is 10.3 Å². The number of carbonyl (C=O) groups excluding carboxylic acids is 1. The van der Waals surface area contributed by atoms with E-state index in [0.717, 1.165) is 17.5 Å². The van der Waals surface area contributed by atoms with Crippen molar-refractivity contribution in [3.05, 3.63) is 40.7 Å². The second kappa shape index (κ2) is 8.56. The number of anilines is 1. The minimum atomic E-state index is -0.480. The second-order valence-electron chi connectivity index (χ2n) is 4.64. The Labute approximate surface area is 136 Å². The number of ether oxygens (including phenoxy) is 2. The van der Waals surface area contributed by atoms with Gasteiger partial charge in [-0.1, -0.05) is 11.3 Å². The number of hydrogen-bond acceptors (Lipinski definition) is 6. The quantitative estimate of drug-likeness (QED) is 0.722. The van der Waals surface area contributed by atoms with Crippen molar-refractivity contribution < 1.29 is 23.8 Å². The molecule has 124 valence electrons. The van der Waals surface area contributed by atoms with Gasteiger partial charge in [-0.15, -0.1) is 0 Å². The van der Waals surface area contributed by atoms with Crippen molar-refractivity contribution in [3.63, 3.8) is 0 Å². The first kappa shape index (κ1) is 17.3. The Morgan fingerprint density at radius 2 is 2.22 bits per heavy atom. The van der Waals surface area contributed by atoms with Gasteiger partial charge in [-0.25, -0.2) is 4.98 Å². The highest BCUT2D eigenvalue weighted by Crippen LogP contribution is 2.21. The van der Waals surface area contributed by atoms with Gasteiger partial charge in [0.2, 0.25) is 0 Å². The van der Waals surface area contributed by atoms with Crippen molar-refractivity contribution >= 4 is 22.4 Å². The Morgan fingerprint density at radius 3 is 2.87 bits per heavy atom. The van der Waals surface area contributed by atoms with Gasteiger partial charge in [0.25, 0.3) is 5.91 Å². The van der Waals surface area contributed by atoms with E-state index in [0.29, 0.717) is 36.5 Å². The van der Waals surface area contributed by atoms with Crippen molar-refractivity contribution in [2.75, 3.05) is 25.6 Å². The maximum Gasteiger partial charge on any atom is 0.257 e. The lowest BCUT2D eigenvalue weighted by Crippen LogP contribution is -2.12. The number of aliphatic hydroxyl groups excluding tert-OH is 1. The third kappa shape index (κ3) is 5.27. The van der Waals surface area contributed by atoms with Gasteiger partial charge in [-0.3, -0.25) is 10.1 Å². The van der Waals surface area contributed by atoms with Crippen LogP contribution in [-0.2, 0) is 11.3 Å². The zero-order valence-electron chi connectivity index (χ0n) is 12.5. The van der Waals surface area contributed by atoms with Crippen LogP contribution < -0.4 is 10.1 Å². The summed E-state index contributed by atoms with van der Waals surface area (Å²) in [5.74, 6) is 0.0273. The lowest BCUT2D eigenvalue weighted by atomic mass is 10.1. The number of nitrogens with one attached hydrogen (secondary N) is 1. The molecule has 2 aromatic rings. The number of carbonyl (C=O) groups is 1. The van der Waals surface area contributed by atoms with Gasteiger partial charge < -0.3 is 14.6 Å². The molecule has 2 N–H and O–H groups in total. The standard InChI is InChI=1S/C15H17FN2O4S/c1-21-3-2-4-22-12-6-10(9-19)5-11(7-12)14(20)18-15-17-8-13(16)23-15/h5-8,19H,2-4,9H2,1H3,(H,17,18,20). The van der Waals surface area contributed by atoms with E-state index in [1.54, 1.807) is 25.3 Å². The summed E-state index contributed by atoms with van der Waals surface area (Å²) in [7, 11) is 1.61. The molecule has 0 atom stereocenters. The molecule has 0 radical (unpaired) electrons. The van der Waals surface area contributed by atoms with E-state index in [4.69, 9.17) is 9.47 Å². The molecule has 23 heavy (non-hydrogen) atoms. The molecular weight excluding hydrogens is 323 g/mol. The van der Waals surface area contributed by atoms with E-state index in [1.807, 2.05) is 0 Å². The molecule has 1 aromatic heterocycles. The lowest BCUT2D eigenvalue weighted by Gasteiger charge is -2.10. The second-order valence-corrected chi connectivity index (χ2v) is 5.62. The van der Waals surface area contributed by atoms with Crippen molar-refractivity contribution in [1.82, 2.24) is 4.98 Å². The molecular formula is C15H17FN2O4S. The van der Waals surface area contributed by atoms with Gasteiger partial charge in [-0.05, 0) is 23.8 Å². The maximum absolute atomic E-state index is 12.9. The Balaban J connectivity index is 2.08. The summed E-state index contributed by atoms with van der Waals surface area (Å²) >= 11 is 0.740. The van der Waals surface area contributed by atoms with Crippen LogP contribution in [0.4, 0.5) is 9.52 Å². The Kier molecular flexibility index (Phi) is 6.45.